The Bertz CT molecular complexity index is 1670. The van der Waals surface area contributed by atoms with Crippen molar-refractivity contribution in [3.63, 3.8) is 0 Å². The summed E-state index contributed by atoms with van der Waals surface area (Å²) >= 11 is 0. The third-order valence-corrected chi connectivity index (χ3v) is 6.68. The first-order chi connectivity index (χ1) is 18.8. The number of pyridine rings is 1. The Morgan fingerprint density at radius 2 is 1.72 bits per heavy atom. The van der Waals surface area contributed by atoms with Crippen molar-refractivity contribution < 1.29 is 4.79 Å². The molecule has 0 saturated heterocycles. The number of benzene rings is 3. The third kappa shape index (κ3) is 5.68. The van der Waals surface area contributed by atoms with Gasteiger partial charge in [-0.1, -0.05) is 69.0 Å². The molecule has 5 rings (SSSR count). The van der Waals surface area contributed by atoms with Crippen molar-refractivity contribution in [2.24, 2.45) is 0 Å². The van der Waals surface area contributed by atoms with Gasteiger partial charge in [0, 0.05) is 35.8 Å². The molecule has 2 amide bonds. The van der Waals surface area contributed by atoms with Crippen LogP contribution in [0.1, 0.15) is 43.0 Å². The van der Waals surface area contributed by atoms with E-state index in [1.54, 1.807) is 29.6 Å². The highest BCUT2D eigenvalue weighted by molar-refractivity contribution is 6.11. The van der Waals surface area contributed by atoms with E-state index in [1.165, 1.54) is 0 Å². The smallest absolute Gasteiger partial charge is 0.307 e. The van der Waals surface area contributed by atoms with E-state index in [2.05, 4.69) is 71.3 Å². The minimum atomic E-state index is -0.282. The Labute approximate surface area is 229 Å². The lowest BCUT2D eigenvalue weighted by Crippen LogP contribution is -2.32. The first-order valence-electron chi connectivity index (χ1n) is 12.9. The van der Waals surface area contributed by atoms with Crippen molar-refractivity contribution in [1.82, 2.24) is 15.2 Å². The first-order valence-corrected chi connectivity index (χ1v) is 12.9. The number of nitrogens with one attached hydrogen (secondary N) is 2. The number of hydrogen-bond donors (Lipinski definition) is 2. The average molecular weight is 514 g/mol. The number of fused-ring (bicyclic) bond motifs is 1. The quantitative estimate of drug-likeness (QED) is 0.244. The Balaban J connectivity index is 1.49. The molecule has 6 nitrogen and oxygen atoms in total. The number of aryl methyl sites for hydroxylation is 1. The van der Waals surface area contributed by atoms with Crippen LogP contribution < -0.4 is 10.2 Å². The molecule has 0 bridgehead atoms. The van der Waals surface area contributed by atoms with Crippen LogP contribution in [0.4, 0.5) is 22.0 Å². The van der Waals surface area contributed by atoms with Gasteiger partial charge in [-0.2, -0.15) is 5.10 Å². The molecular formula is C33H31N5O. The van der Waals surface area contributed by atoms with Crippen LogP contribution in [0.3, 0.4) is 0 Å². The number of carbonyl (C=O) groups is 1. The van der Waals surface area contributed by atoms with E-state index in [4.69, 9.17) is 0 Å². The van der Waals surface area contributed by atoms with Crippen LogP contribution in [0.25, 0.3) is 10.8 Å². The van der Waals surface area contributed by atoms with Crippen LogP contribution in [0.2, 0.25) is 0 Å². The number of aromatic nitrogens is 3. The number of nitrogens with zero attached hydrogens (tertiary/aromatic N) is 3. The Morgan fingerprint density at radius 3 is 2.44 bits per heavy atom. The molecule has 0 aliphatic rings. The summed E-state index contributed by atoms with van der Waals surface area (Å²) < 4.78 is 0. The SMILES string of the molecule is Cc1ccc(C(C)(C)C)cc1N(C(=O)Nc1ccc(C#CCc2ccncc2)c2ccccc12)c1ccn[nH]1. The summed E-state index contributed by atoms with van der Waals surface area (Å²) in [6.07, 6.45) is 5.84. The molecule has 5 aromatic rings. The molecule has 0 unspecified atom stereocenters. The number of carbonyl (C=O) groups excluding carboxylic acids is 1. The highest BCUT2D eigenvalue weighted by Gasteiger charge is 2.24. The van der Waals surface area contributed by atoms with Crippen LogP contribution in [0.15, 0.2) is 91.4 Å². The van der Waals surface area contributed by atoms with Gasteiger partial charge in [0.1, 0.15) is 5.82 Å². The molecule has 39 heavy (non-hydrogen) atoms. The lowest BCUT2D eigenvalue weighted by atomic mass is 9.86. The highest BCUT2D eigenvalue weighted by atomic mass is 16.2. The van der Waals surface area contributed by atoms with Crippen molar-refractivity contribution >= 4 is 34.0 Å². The zero-order chi connectivity index (χ0) is 27.4. The number of aromatic amines is 1. The zero-order valence-corrected chi connectivity index (χ0v) is 22.6. The Kier molecular flexibility index (Phi) is 7.16. The van der Waals surface area contributed by atoms with Gasteiger partial charge in [0.2, 0.25) is 0 Å². The summed E-state index contributed by atoms with van der Waals surface area (Å²) in [5, 5.41) is 12.1. The van der Waals surface area contributed by atoms with Gasteiger partial charge in [0.25, 0.3) is 0 Å². The van der Waals surface area contributed by atoms with Crippen LogP contribution >= 0.6 is 0 Å². The summed E-state index contributed by atoms with van der Waals surface area (Å²) in [6.45, 7) is 8.49. The summed E-state index contributed by atoms with van der Waals surface area (Å²) in [7, 11) is 0. The van der Waals surface area contributed by atoms with Gasteiger partial charge in [-0.15, -0.1) is 0 Å². The van der Waals surface area contributed by atoms with Crippen LogP contribution in [0, 0.1) is 18.8 Å². The molecule has 0 fully saturated rings. The lowest BCUT2D eigenvalue weighted by Gasteiger charge is -2.27. The fourth-order valence-corrected chi connectivity index (χ4v) is 4.47. The van der Waals surface area contributed by atoms with Gasteiger partial charge in [-0.05, 0) is 64.7 Å². The normalized spacial score (nSPS) is 11.1. The van der Waals surface area contributed by atoms with Gasteiger partial charge in [0.15, 0.2) is 0 Å². The summed E-state index contributed by atoms with van der Waals surface area (Å²) in [6, 6.07) is 23.6. The molecule has 0 spiro atoms. The van der Waals surface area contributed by atoms with Gasteiger partial charge in [-0.25, -0.2) is 9.69 Å². The van der Waals surface area contributed by atoms with Crippen LogP contribution in [-0.2, 0) is 11.8 Å². The number of rotatable bonds is 4. The molecule has 2 N–H and O–H groups in total. The van der Waals surface area contributed by atoms with Crippen LogP contribution in [0.5, 0.6) is 0 Å². The maximum absolute atomic E-state index is 13.9. The van der Waals surface area contributed by atoms with E-state index in [-0.39, 0.29) is 11.4 Å². The molecule has 0 atom stereocenters. The topological polar surface area (TPSA) is 73.9 Å². The molecule has 6 heteroatoms. The van der Waals surface area contributed by atoms with Crippen molar-refractivity contribution in [1.29, 1.82) is 0 Å². The highest BCUT2D eigenvalue weighted by Crippen LogP contribution is 2.34. The molecule has 194 valence electrons. The first kappa shape index (κ1) is 25.7. The summed E-state index contributed by atoms with van der Waals surface area (Å²) in [4.78, 5) is 19.6. The maximum atomic E-state index is 13.9. The van der Waals surface area contributed by atoms with Crippen molar-refractivity contribution in [3.05, 3.63) is 114 Å². The Morgan fingerprint density at radius 1 is 0.949 bits per heavy atom. The third-order valence-electron chi connectivity index (χ3n) is 6.68. The minimum Gasteiger partial charge on any atom is -0.307 e. The fourth-order valence-electron chi connectivity index (χ4n) is 4.47. The predicted molar refractivity (Wildman–Crippen MR) is 158 cm³/mol. The average Bonchev–Trinajstić information content (AvgIpc) is 3.45. The van der Waals surface area contributed by atoms with E-state index in [1.807, 2.05) is 55.5 Å². The molecule has 2 aromatic heterocycles. The maximum Gasteiger partial charge on any atom is 0.332 e. The van der Waals surface area contributed by atoms with Crippen molar-refractivity contribution in [2.45, 2.75) is 39.5 Å². The van der Waals surface area contributed by atoms with E-state index in [0.717, 1.165) is 38.7 Å². The summed E-state index contributed by atoms with van der Waals surface area (Å²) in [5.41, 5.74) is 5.60. The molecule has 0 aliphatic heterocycles. The number of hydrogen-bond acceptors (Lipinski definition) is 3. The monoisotopic (exact) mass is 513 g/mol. The van der Waals surface area contributed by atoms with E-state index in [9.17, 15) is 4.79 Å². The number of amides is 2. The molecule has 2 heterocycles. The van der Waals surface area contributed by atoms with Gasteiger partial charge in [-0.3, -0.25) is 10.1 Å². The number of H-pyrrole nitrogens is 1. The predicted octanol–water partition coefficient (Wildman–Crippen LogP) is 7.53. The molecule has 0 saturated carbocycles. The number of anilines is 3. The van der Waals surface area contributed by atoms with E-state index >= 15 is 0 Å². The largest absolute Gasteiger partial charge is 0.332 e. The fraction of sp³-hybridized carbons (Fsp3) is 0.182. The number of urea groups is 1. The Hall–Kier alpha value is -4.89. The second-order valence-corrected chi connectivity index (χ2v) is 10.5. The van der Waals surface area contributed by atoms with Gasteiger partial charge < -0.3 is 5.32 Å². The zero-order valence-electron chi connectivity index (χ0n) is 22.6. The van der Waals surface area contributed by atoms with E-state index < -0.39 is 0 Å². The second-order valence-electron chi connectivity index (χ2n) is 10.5. The van der Waals surface area contributed by atoms with E-state index in [0.29, 0.717) is 17.9 Å². The molecule has 0 aliphatic carbocycles. The van der Waals surface area contributed by atoms with Crippen LogP contribution in [-0.4, -0.2) is 21.2 Å². The summed E-state index contributed by atoms with van der Waals surface area (Å²) in [5.74, 6) is 7.16. The van der Waals surface area contributed by atoms with Crippen molar-refractivity contribution in [3.8, 4) is 11.8 Å². The van der Waals surface area contributed by atoms with Gasteiger partial charge >= 0.3 is 6.03 Å². The minimum absolute atomic E-state index is 0.0664. The lowest BCUT2D eigenvalue weighted by molar-refractivity contribution is 0.259. The standard InChI is InChI=1S/C33H31N5O/c1-23-12-14-26(33(2,3)4)22-30(23)38(31-18-21-35-37-31)32(39)36-29-15-13-25(27-10-5-6-11-28(27)29)9-7-8-24-16-19-34-20-17-24/h5-6,10-22H,8H2,1-4H3,(H,35,37)(H,36,39). The molecule has 0 radical (unpaired) electrons. The molecule has 3 aromatic carbocycles. The molecular weight excluding hydrogens is 482 g/mol. The second kappa shape index (κ2) is 10.8. The van der Waals surface area contributed by atoms with Gasteiger partial charge in [0.05, 0.1) is 17.6 Å². The van der Waals surface area contributed by atoms with Crippen molar-refractivity contribution in [2.75, 3.05) is 10.2 Å².